The van der Waals surface area contributed by atoms with Gasteiger partial charge in [-0.25, -0.2) is 0 Å². The Morgan fingerprint density at radius 2 is 0.723 bits per heavy atom. The monoisotopic (exact) mass is 838 g/mol. The van der Waals surface area contributed by atoms with Crippen LogP contribution in [0, 0.1) is 5.41 Å². The molecule has 0 amide bonds. The number of hydrogen-bond acceptors (Lipinski definition) is 1. The van der Waals surface area contributed by atoms with Crippen molar-refractivity contribution in [2.75, 3.05) is 4.90 Å². The molecular weight excluding hydrogens is 785 g/mol. The van der Waals surface area contributed by atoms with Crippen molar-refractivity contribution in [2.24, 2.45) is 5.41 Å². The molecule has 0 bridgehead atoms. The zero-order valence-corrected chi connectivity index (χ0v) is 38.2. The summed E-state index contributed by atoms with van der Waals surface area (Å²) in [6.07, 6.45) is 0. The summed E-state index contributed by atoms with van der Waals surface area (Å²) in [7, 11) is 0. The molecule has 1 heterocycles. The fraction of sp³-hybridized carbons (Fsp3) is 0.143. The smallest absolute Gasteiger partial charge is 0.0541 e. The molecule has 1 aliphatic carbocycles. The largest absolute Gasteiger partial charge is 0.311 e. The predicted octanol–water partition coefficient (Wildman–Crippen LogP) is 17.5. The van der Waals surface area contributed by atoms with Crippen molar-refractivity contribution in [3.63, 3.8) is 0 Å². The lowest BCUT2D eigenvalue weighted by atomic mass is 9.59. The molecule has 0 N–H and O–H groups in total. The summed E-state index contributed by atoms with van der Waals surface area (Å²) >= 11 is 0. The number of hydrogen-bond donors (Lipinski definition) is 0. The first-order valence-electron chi connectivity index (χ1n) is 23.0. The van der Waals surface area contributed by atoms with Crippen molar-refractivity contribution >= 4 is 38.9 Å². The fourth-order valence-corrected chi connectivity index (χ4v) is 10.7. The molecule has 0 saturated carbocycles. The van der Waals surface area contributed by atoms with Gasteiger partial charge in [0, 0.05) is 33.5 Å². The molecular formula is C63H54N2. The minimum absolute atomic E-state index is 0.0295. The molecule has 2 nitrogen and oxygen atoms in total. The highest BCUT2D eigenvalue weighted by atomic mass is 15.1. The number of fused-ring (bicyclic) bond motifs is 4. The van der Waals surface area contributed by atoms with E-state index in [1.54, 1.807) is 0 Å². The molecule has 0 fully saturated rings. The first-order valence-corrected chi connectivity index (χ1v) is 23.0. The molecule has 0 radical (unpaired) electrons. The first-order chi connectivity index (χ1) is 31.5. The summed E-state index contributed by atoms with van der Waals surface area (Å²) in [4.78, 5) is 2.36. The maximum atomic E-state index is 2.54. The SMILES string of the molecule is CC1(C)c2cc(-c3ccc(N(c4ccccc4)c4ccc(-c5ccccc5)cc4)cc3)c(-c3ccc4c(c3)c3ccccc3n4-c3ccc(-c4ccccc4)cc3)cc2C(C)(C)C1(C)C. The first kappa shape index (κ1) is 40.4. The Bertz CT molecular complexity index is 3340. The van der Waals surface area contributed by atoms with Crippen LogP contribution in [-0.2, 0) is 10.8 Å². The maximum Gasteiger partial charge on any atom is 0.0541 e. The van der Waals surface area contributed by atoms with Gasteiger partial charge in [0.05, 0.1) is 11.0 Å². The van der Waals surface area contributed by atoms with Crippen LogP contribution in [0.2, 0.25) is 0 Å². The van der Waals surface area contributed by atoms with Gasteiger partial charge in [0.2, 0.25) is 0 Å². The Morgan fingerprint density at radius 3 is 1.28 bits per heavy atom. The van der Waals surface area contributed by atoms with Crippen molar-refractivity contribution in [1.29, 1.82) is 0 Å². The zero-order chi connectivity index (χ0) is 44.5. The Labute approximate surface area is 384 Å². The molecule has 1 aliphatic rings. The van der Waals surface area contributed by atoms with E-state index in [2.05, 4.69) is 269 Å². The van der Waals surface area contributed by atoms with Crippen LogP contribution in [0.4, 0.5) is 17.1 Å². The number of para-hydroxylation sites is 2. The van der Waals surface area contributed by atoms with E-state index in [-0.39, 0.29) is 16.2 Å². The highest BCUT2D eigenvalue weighted by Crippen LogP contribution is 2.63. The summed E-state index contributed by atoms with van der Waals surface area (Å²) < 4.78 is 2.42. The summed E-state index contributed by atoms with van der Waals surface area (Å²) in [5.74, 6) is 0. The van der Waals surface area contributed by atoms with Crippen LogP contribution in [0.25, 0.3) is 72.0 Å². The third-order valence-electron chi connectivity index (χ3n) is 15.5. The Hall–Kier alpha value is -7.42. The van der Waals surface area contributed by atoms with E-state index in [0.29, 0.717) is 0 Å². The van der Waals surface area contributed by atoms with Crippen LogP contribution in [0.1, 0.15) is 52.7 Å². The molecule has 0 spiro atoms. The summed E-state index contributed by atoms with van der Waals surface area (Å²) in [5, 5.41) is 2.51. The van der Waals surface area contributed by atoms with Gasteiger partial charge in [-0.1, -0.05) is 181 Å². The number of aromatic nitrogens is 1. The minimum Gasteiger partial charge on any atom is -0.311 e. The molecule has 0 unspecified atom stereocenters. The van der Waals surface area contributed by atoms with Crippen molar-refractivity contribution < 1.29 is 0 Å². The van der Waals surface area contributed by atoms with Crippen molar-refractivity contribution in [1.82, 2.24) is 4.57 Å². The molecule has 10 aromatic rings. The molecule has 316 valence electrons. The average Bonchev–Trinajstić information content (AvgIpc) is 3.73. The van der Waals surface area contributed by atoms with Gasteiger partial charge in [-0.3, -0.25) is 0 Å². The van der Waals surface area contributed by atoms with E-state index >= 15 is 0 Å². The lowest BCUT2D eigenvalue weighted by Gasteiger charge is -2.44. The standard InChI is InChI=1S/C63H54N2/c1-61(2)57-41-54(47-30-37-51(38-31-47)64(49-22-14-9-15-23-49)50-33-26-45(27-34-50)43-18-10-7-11-19-43)55(42-58(57)62(3,4)63(61,5)6)48-32-39-60-56(40-48)53-24-16-17-25-59(53)65(60)52-35-28-46(29-36-52)44-20-12-8-13-21-44/h7-42H,1-6H3. The van der Waals surface area contributed by atoms with Crippen molar-refractivity contribution in [3.8, 4) is 50.2 Å². The van der Waals surface area contributed by atoms with Crippen LogP contribution >= 0.6 is 0 Å². The fourth-order valence-electron chi connectivity index (χ4n) is 10.7. The number of anilines is 3. The Kier molecular flexibility index (Phi) is 9.55. The normalized spacial score (nSPS) is 14.7. The van der Waals surface area contributed by atoms with E-state index < -0.39 is 0 Å². The molecule has 11 rings (SSSR count). The number of rotatable bonds is 8. The average molecular weight is 839 g/mol. The van der Waals surface area contributed by atoms with E-state index in [0.717, 1.165) is 22.7 Å². The van der Waals surface area contributed by atoms with Gasteiger partial charge in [-0.05, 0) is 151 Å². The second-order valence-corrected chi connectivity index (χ2v) is 19.4. The lowest BCUT2D eigenvalue weighted by Crippen LogP contribution is -2.42. The second kappa shape index (κ2) is 15.4. The van der Waals surface area contributed by atoms with Gasteiger partial charge >= 0.3 is 0 Å². The third-order valence-corrected chi connectivity index (χ3v) is 15.5. The van der Waals surface area contributed by atoms with E-state index in [1.807, 2.05) is 0 Å². The number of nitrogens with zero attached hydrogens (tertiary/aromatic N) is 2. The van der Waals surface area contributed by atoms with Crippen LogP contribution in [0.15, 0.2) is 218 Å². The Balaban J connectivity index is 1.05. The maximum absolute atomic E-state index is 2.54. The lowest BCUT2D eigenvalue weighted by molar-refractivity contribution is 0.125. The van der Waals surface area contributed by atoms with Crippen LogP contribution in [-0.4, -0.2) is 4.57 Å². The van der Waals surface area contributed by atoms with Crippen LogP contribution in [0.3, 0.4) is 0 Å². The molecule has 1 aromatic heterocycles. The van der Waals surface area contributed by atoms with E-state index in [1.165, 1.54) is 77.4 Å². The summed E-state index contributed by atoms with van der Waals surface area (Å²) in [6, 6.07) is 80.2. The van der Waals surface area contributed by atoms with Crippen LogP contribution in [0.5, 0.6) is 0 Å². The van der Waals surface area contributed by atoms with Gasteiger partial charge < -0.3 is 9.47 Å². The highest BCUT2D eigenvalue weighted by Gasteiger charge is 2.57. The van der Waals surface area contributed by atoms with Gasteiger partial charge in [-0.2, -0.15) is 0 Å². The van der Waals surface area contributed by atoms with E-state index in [9.17, 15) is 0 Å². The Morgan fingerprint density at radius 1 is 0.323 bits per heavy atom. The quantitative estimate of drug-likeness (QED) is 0.148. The minimum atomic E-state index is -0.0404. The third kappa shape index (κ3) is 6.54. The summed E-state index contributed by atoms with van der Waals surface area (Å²) in [6.45, 7) is 14.7. The molecule has 2 heteroatoms. The van der Waals surface area contributed by atoms with Gasteiger partial charge in [0.1, 0.15) is 0 Å². The second-order valence-electron chi connectivity index (χ2n) is 19.4. The van der Waals surface area contributed by atoms with Gasteiger partial charge in [0.15, 0.2) is 0 Å². The highest BCUT2D eigenvalue weighted by molar-refractivity contribution is 6.11. The van der Waals surface area contributed by atoms with Crippen molar-refractivity contribution in [2.45, 2.75) is 52.4 Å². The molecule has 0 saturated heterocycles. The van der Waals surface area contributed by atoms with Crippen molar-refractivity contribution in [3.05, 3.63) is 230 Å². The number of benzene rings is 9. The predicted molar refractivity (Wildman–Crippen MR) is 277 cm³/mol. The molecule has 65 heavy (non-hydrogen) atoms. The molecule has 0 atom stereocenters. The van der Waals surface area contributed by atoms with Gasteiger partial charge in [0.25, 0.3) is 0 Å². The zero-order valence-electron chi connectivity index (χ0n) is 38.2. The summed E-state index contributed by atoms with van der Waals surface area (Å²) in [5.41, 5.74) is 19.6. The molecule has 9 aromatic carbocycles. The molecule has 0 aliphatic heterocycles. The van der Waals surface area contributed by atoms with Gasteiger partial charge in [-0.15, -0.1) is 0 Å². The van der Waals surface area contributed by atoms with Crippen LogP contribution < -0.4 is 4.90 Å². The topological polar surface area (TPSA) is 8.17 Å². The van der Waals surface area contributed by atoms with E-state index in [4.69, 9.17) is 0 Å².